The smallest absolute Gasteiger partial charge is 0.335 e. The van der Waals surface area contributed by atoms with Crippen molar-refractivity contribution in [1.82, 2.24) is 9.97 Å². The number of aromatic nitrogens is 2. The minimum atomic E-state index is -0.991. The zero-order chi connectivity index (χ0) is 20.2. The summed E-state index contributed by atoms with van der Waals surface area (Å²) in [5, 5.41) is 13.2. The number of anilines is 3. The third-order valence-corrected chi connectivity index (χ3v) is 4.75. The summed E-state index contributed by atoms with van der Waals surface area (Å²) < 4.78 is 6.03. The largest absolute Gasteiger partial charge is 0.478 e. The number of thiazole rings is 1. The number of aromatic carboxylic acids is 1. The molecule has 4 aromatic rings. The molecular formula is C21H16N4O3S. The van der Waals surface area contributed by atoms with Crippen LogP contribution in [0.3, 0.4) is 0 Å². The van der Waals surface area contributed by atoms with Crippen molar-refractivity contribution in [3.8, 4) is 22.1 Å². The van der Waals surface area contributed by atoms with Gasteiger partial charge < -0.3 is 20.9 Å². The number of carbonyl (C=O) groups is 1. The Hall–Kier alpha value is -3.91. The van der Waals surface area contributed by atoms with Crippen molar-refractivity contribution in [3.05, 3.63) is 78.5 Å². The lowest BCUT2D eigenvalue weighted by Gasteiger charge is -2.09. The van der Waals surface area contributed by atoms with Crippen LogP contribution in [0.25, 0.3) is 11.3 Å². The molecule has 0 saturated heterocycles. The van der Waals surface area contributed by atoms with Gasteiger partial charge in [0.2, 0.25) is 5.06 Å². The second kappa shape index (κ2) is 7.99. The number of ether oxygens (including phenoxy) is 1. The normalized spacial score (nSPS) is 10.5. The zero-order valence-corrected chi connectivity index (χ0v) is 15.9. The Morgan fingerprint density at radius 1 is 1.07 bits per heavy atom. The standard InChI is InChI=1S/C21H16N4O3S/c22-21-25-18(13-5-2-1-3-6-13)20(29-21)28-16-9-10-23-17(12-16)24-15-8-4-7-14(11-15)19(26)27/h1-12H,(H2,22,25)(H,23,24)(H,26,27). The van der Waals surface area contributed by atoms with Crippen molar-refractivity contribution in [2.45, 2.75) is 0 Å². The highest BCUT2D eigenvalue weighted by Crippen LogP contribution is 2.39. The molecule has 0 bridgehead atoms. The maximum absolute atomic E-state index is 11.1. The number of nitrogens with two attached hydrogens (primary N) is 1. The van der Waals surface area contributed by atoms with Crippen molar-refractivity contribution < 1.29 is 14.6 Å². The Morgan fingerprint density at radius 2 is 1.90 bits per heavy atom. The molecule has 4 rings (SSSR count). The van der Waals surface area contributed by atoms with Crippen LogP contribution in [0.15, 0.2) is 72.9 Å². The zero-order valence-electron chi connectivity index (χ0n) is 15.1. The molecule has 0 saturated carbocycles. The maximum atomic E-state index is 11.1. The predicted octanol–water partition coefficient (Wildman–Crippen LogP) is 5.02. The third kappa shape index (κ3) is 4.33. The number of hydrogen-bond acceptors (Lipinski definition) is 7. The van der Waals surface area contributed by atoms with Crippen LogP contribution in [0, 0.1) is 0 Å². The predicted molar refractivity (Wildman–Crippen MR) is 113 cm³/mol. The summed E-state index contributed by atoms with van der Waals surface area (Å²) >= 11 is 1.26. The van der Waals surface area contributed by atoms with Gasteiger partial charge in [-0.05, 0) is 24.3 Å². The third-order valence-electron chi connectivity index (χ3n) is 3.98. The second-order valence-electron chi connectivity index (χ2n) is 6.04. The molecule has 8 heteroatoms. The number of carboxylic acid groups (broad SMARTS) is 1. The van der Waals surface area contributed by atoms with E-state index in [0.29, 0.717) is 33.1 Å². The van der Waals surface area contributed by atoms with Crippen LogP contribution in [0.4, 0.5) is 16.6 Å². The first-order valence-corrected chi connectivity index (χ1v) is 9.46. The van der Waals surface area contributed by atoms with E-state index in [4.69, 9.17) is 15.6 Å². The molecule has 0 atom stereocenters. The lowest BCUT2D eigenvalue weighted by atomic mass is 10.2. The highest BCUT2D eigenvalue weighted by molar-refractivity contribution is 7.17. The molecule has 0 aliphatic heterocycles. The topological polar surface area (TPSA) is 110 Å². The molecular weight excluding hydrogens is 388 g/mol. The average molecular weight is 404 g/mol. The Balaban J connectivity index is 1.58. The van der Waals surface area contributed by atoms with E-state index in [1.165, 1.54) is 23.5 Å². The van der Waals surface area contributed by atoms with Crippen LogP contribution in [0.5, 0.6) is 10.8 Å². The summed E-state index contributed by atoms with van der Waals surface area (Å²) in [5.74, 6) is 0.0800. The van der Waals surface area contributed by atoms with E-state index >= 15 is 0 Å². The molecule has 0 unspecified atom stereocenters. The van der Waals surface area contributed by atoms with Gasteiger partial charge in [0, 0.05) is 23.5 Å². The second-order valence-corrected chi connectivity index (χ2v) is 7.04. The van der Waals surface area contributed by atoms with Gasteiger partial charge in [0.25, 0.3) is 0 Å². The molecule has 4 N–H and O–H groups in total. The van der Waals surface area contributed by atoms with Crippen molar-refractivity contribution in [2.24, 2.45) is 0 Å². The fourth-order valence-corrected chi connectivity index (χ4v) is 3.42. The first-order valence-electron chi connectivity index (χ1n) is 8.64. The summed E-state index contributed by atoms with van der Waals surface area (Å²) in [7, 11) is 0. The number of nitrogen functional groups attached to an aromatic ring is 1. The number of benzene rings is 2. The van der Waals surface area contributed by atoms with E-state index in [1.807, 2.05) is 30.3 Å². The minimum absolute atomic E-state index is 0.190. The van der Waals surface area contributed by atoms with Gasteiger partial charge in [-0.15, -0.1) is 0 Å². The van der Waals surface area contributed by atoms with E-state index in [2.05, 4.69) is 15.3 Å². The molecule has 0 radical (unpaired) electrons. The Morgan fingerprint density at radius 3 is 2.69 bits per heavy atom. The van der Waals surface area contributed by atoms with Gasteiger partial charge in [-0.2, -0.15) is 0 Å². The number of nitrogens with one attached hydrogen (secondary N) is 1. The molecule has 29 heavy (non-hydrogen) atoms. The molecule has 0 aliphatic carbocycles. The minimum Gasteiger partial charge on any atom is -0.478 e. The first-order chi connectivity index (χ1) is 14.1. The molecule has 2 aromatic heterocycles. The van der Waals surface area contributed by atoms with Crippen molar-refractivity contribution in [3.63, 3.8) is 0 Å². The molecule has 0 amide bonds. The van der Waals surface area contributed by atoms with Crippen LogP contribution >= 0.6 is 11.3 Å². The summed E-state index contributed by atoms with van der Waals surface area (Å²) in [5.41, 5.74) is 8.28. The average Bonchev–Trinajstić information content (AvgIpc) is 3.09. The van der Waals surface area contributed by atoms with Gasteiger partial charge in [-0.3, -0.25) is 0 Å². The van der Waals surface area contributed by atoms with Crippen LogP contribution in [-0.4, -0.2) is 21.0 Å². The SMILES string of the molecule is Nc1nc(-c2ccccc2)c(Oc2ccnc(Nc3cccc(C(=O)O)c3)c2)s1. The molecule has 2 aromatic carbocycles. The fourth-order valence-electron chi connectivity index (χ4n) is 2.70. The van der Waals surface area contributed by atoms with E-state index in [-0.39, 0.29) is 5.56 Å². The lowest BCUT2D eigenvalue weighted by Crippen LogP contribution is -1.99. The molecule has 0 fully saturated rings. The summed E-state index contributed by atoms with van der Waals surface area (Å²) in [6.07, 6.45) is 1.60. The van der Waals surface area contributed by atoms with Crippen LogP contribution < -0.4 is 15.8 Å². The van der Waals surface area contributed by atoms with Gasteiger partial charge in [-0.25, -0.2) is 14.8 Å². The molecule has 0 aliphatic rings. The molecule has 7 nitrogen and oxygen atoms in total. The van der Waals surface area contributed by atoms with Gasteiger partial charge in [0.1, 0.15) is 17.3 Å². The number of nitrogens with zero attached hydrogens (tertiary/aromatic N) is 2. The number of carboxylic acids is 1. The van der Waals surface area contributed by atoms with Crippen LogP contribution in [0.1, 0.15) is 10.4 Å². The van der Waals surface area contributed by atoms with Gasteiger partial charge in [0.15, 0.2) is 5.13 Å². The summed E-state index contributed by atoms with van der Waals surface area (Å²) in [4.78, 5) is 19.8. The number of rotatable bonds is 6. The quantitative estimate of drug-likeness (QED) is 0.414. The van der Waals surface area contributed by atoms with E-state index in [1.54, 1.807) is 30.5 Å². The Bertz CT molecular complexity index is 1160. The van der Waals surface area contributed by atoms with E-state index < -0.39 is 5.97 Å². The summed E-state index contributed by atoms with van der Waals surface area (Å²) in [6.45, 7) is 0. The van der Waals surface area contributed by atoms with Gasteiger partial charge in [-0.1, -0.05) is 47.7 Å². The maximum Gasteiger partial charge on any atom is 0.335 e. The number of hydrogen-bond donors (Lipinski definition) is 3. The Kier molecular flexibility index (Phi) is 5.08. The van der Waals surface area contributed by atoms with E-state index in [9.17, 15) is 4.79 Å². The Labute approximate surface area is 170 Å². The molecule has 2 heterocycles. The first kappa shape index (κ1) is 18.5. The number of pyridine rings is 1. The van der Waals surface area contributed by atoms with E-state index in [0.717, 1.165) is 5.56 Å². The highest BCUT2D eigenvalue weighted by atomic mass is 32.1. The van der Waals surface area contributed by atoms with Crippen molar-refractivity contribution >= 4 is 33.9 Å². The molecule has 144 valence electrons. The highest BCUT2D eigenvalue weighted by Gasteiger charge is 2.14. The van der Waals surface area contributed by atoms with Crippen LogP contribution in [-0.2, 0) is 0 Å². The molecule has 0 spiro atoms. The van der Waals surface area contributed by atoms with Crippen molar-refractivity contribution in [1.29, 1.82) is 0 Å². The van der Waals surface area contributed by atoms with Gasteiger partial charge in [0.05, 0.1) is 5.56 Å². The monoisotopic (exact) mass is 404 g/mol. The van der Waals surface area contributed by atoms with Gasteiger partial charge >= 0.3 is 5.97 Å². The fraction of sp³-hybridized carbons (Fsp3) is 0. The lowest BCUT2D eigenvalue weighted by molar-refractivity contribution is 0.0697. The van der Waals surface area contributed by atoms with Crippen molar-refractivity contribution in [2.75, 3.05) is 11.1 Å². The summed E-state index contributed by atoms with van der Waals surface area (Å²) in [6, 6.07) is 19.6. The van der Waals surface area contributed by atoms with Crippen LogP contribution in [0.2, 0.25) is 0 Å².